The second-order valence-corrected chi connectivity index (χ2v) is 8.02. The summed E-state index contributed by atoms with van der Waals surface area (Å²) < 4.78 is 19.9. The van der Waals surface area contributed by atoms with E-state index in [4.69, 9.17) is 16.3 Å². The Morgan fingerprint density at radius 1 is 1.07 bits per heavy atom. The van der Waals surface area contributed by atoms with Gasteiger partial charge in [0.2, 0.25) is 0 Å². The highest BCUT2D eigenvalue weighted by Gasteiger charge is 2.16. The average Bonchev–Trinajstić information content (AvgIpc) is 2.76. The third kappa shape index (κ3) is 5.51. The summed E-state index contributed by atoms with van der Waals surface area (Å²) in [6.45, 7) is 4.68. The van der Waals surface area contributed by atoms with Gasteiger partial charge in [-0.3, -0.25) is 0 Å². The molecule has 0 spiro atoms. The lowest BCUT2D eigenvalue weighted by Gasteiger charge is -2.20. The van der Waals surface area contributed by atoms with Crippen molar-refractivity contribution in [3.8, 4) is 16.9 Å². The quantitative estimate of drug-likeness (QED) is 0.395. The van der Waals surface area contributed by atoms with Crippen LogP contribution in [0.2, 0.25) is 5.02 Å². The van der Waals surface area contributed by atoms with Gasteiger partial charge in [-0.15, -0.1) is 0 Å². The van der Waals surface area contributed by atoms with Crippen molar-refractivity contribution in [3.05, 3.63) is 71.0 Å². The fourth-order valence-electron chi connectivity index (χ4n) is 3.69. The lowest BCUT2D eigenvalue weighted by molar-refractivity contribution is 0.301. The summed E-state index contributed by atoms with van der Waals surface area (Å²) in [6.07, 6.45) is 13.7. The maximum Gasteiger partial charge on any atom is 0.184 e. The molecule has 0 saturated heterocycles. The number of rotatable bonds is 8. The molecule has 0 radical (unpaired) electrons. The zero-order valence-corrected chi connectivity index (χ0v) is 18.1. The van der Waals surface area contributed by atoms with Crippen molar-refractivity contribution in [2.24, 2.45) is 5.92 Å². The monoisotopic (exact) mass is 412 g/mol. The Morgan fingerprint density at radius 2 is 1.83 bits per heavy atom. The Labute approximate surface area is 179 Å². The molecular formula is C26H30ClFO. The molecular weight excluding hydrogens is 383 g/mol. The molecule has 2 aromatic carbocycles. The van der Waals surface area contributed by atoms with Crippen molar-refractivity contribution in [1.29, 1.82) is 0 Å². The Morgan fingerprint density at radius 3 is 2.48 bits per heavy atom. The van der Waals surface area contributed by atoms with Gasteiger partial charge in [-0.1, -0.05) is 74.4 Å². The molecule has 1 aliphatic carbocycles. The number of hydrogen-bond acceptors (Lipinski definition) is 1. The van der Waals surface area contributed by atoms with Crippen LogP contribution in [-0.2, 0) is 0 Å². The minimum atomic E-state index is -0.487. The topological polar surface area (TPSA) is 9.23 Å². The molecule has 0 aliphatic heterocycles. The molecule has 0 fully saturated rings. The van der Waals surface area contributed by atoms with E-state index in [0.29, 0.717) is 18.1 Å². The maximum absolute atomic E-state index is 14.5. The molecule has 0 N–H and O–H groups in total. The van der Waals surface area contributed by atoms with Crippen molar-refractivity contribution in [1.82, 2.24) is 0 Å². The van der Waals surface area contributed by atoms with Crippen LogP contribution >= 0.6 is 11.6 Å². The smallest absolute Gasteiger partial charge is 0.184 e. The van der Waals surface area contributed by atoms with Crippen LogP contribution in [0.5, 0.6) is 5.75 Å². The van der Waals surface area contributed by atoms with Gasteiger partial charge in [0.15, 0.2) is 11.6 Å². The van der Waals surface area contributed by atoms with Crippen LogP contribution in [0.3, 0.4) is 0 Å². The van der Waals surface area contributed by atoms with Crippen molar-refractivity contribution in [2.75, 3.05) is 6.61 Å². The summed E-state index contributed by atoms with van der Waals surface area (Å²) in [5.41, 5.74) is 4.25. The Hall–Kier alpha value is -2.06. The number of benzene rings is 2. The van der Waals surface area contributed by atoms with Crippen LogP contribution in [0.15, 0.2) is 54.6 Å². The van der Waals surface area contributed by atoms with Crippen LogP contribution in [0.1, 0.15) is 57.9 Å². The van der Waals surface area contributed by atoms with E-state index >= 15 is 0 Å². The molecule has 0 aromatic heterocycles. The van der Waals surface area contributed by atoms with Crippen LogP contribution in [0.4, 0.5) is 4.39 Å². The Kier molecular flexibility index (Phi) is 7.94. The van der Waals surface area contributed by atoms with Crippen LogP contribution in [0, 0.1) is 11.7 Å². The summed E-state index contributed by atoms with van der Waals surface area (Å²) in [6, 6.07) is 11.8. The van der Waals surface area contributed by atoms with Gasteiger partial charge in [-0.05, 0) is 66.9 Å². The number of hydrogen-bond donors (Lipinski definition) is 0. The number of ether oxygens (including phenoxy) is 1. The van der Waals surface area contributed by atoms with Crippen molar-refractivity contribution in [2.45, 2.75) is 52.4 Å². The molecule has 1 aliphatic rings. The summed E-state index contributed by atoms with van der Waals surface area (Å²) in [7, 11) is 0. The fourth-order valence-corrected chi connectivity index (χ4v) is 3.95. The second-order valence-electron chi connectivity index (χ2n) is 7.65. The number of halogens is 2. The molecule has 29 heavy (non-hydrogen) atoms. The van der Waals surface area contributed by atoms with Crippen LogP contribution < -0.4 is 4.74 Å². The van der Waals surface area contributed by atoms with E-state index < -0.39 is 5.82 Å². The first kappa shape index (κ1) is 21.6. The van der Waals surface area contributed by atoms with Gasteiger partial charge in [0, 0.05) is 5.56 Å². The van der Waals surface area contributed by atoms with E-state index in [1.54, 1.807) is 6.07 Å². The molecule has 3 heteroatoms. The van der Waals surface area contributed by atoms with E-state index in [1.807, 2.05) is 25.1 Å². The van der Waals surface area contributed by atoms with E-state index in [1.165, 1.54) is 30.4 Å². The maximum atomic E-state index is 14.5. The third-order valence-corrected chi connectivity index (χ3v) is 5.76. The molecule has 2 aromatic rings. The normalized spacial score (nSPS) is 16.8. The molecule has 0 heterocycles. The van der Waals surface area contributed by atoms with Gasteiger partial charge in [0.05, 0.1) is 11.6 Å². The van der Waals surface area contributed by atoms with E-state index in [9.17, 15) is 4.39 Å². The zero-order chi connectivity index (χ0) is 20.6. The highest BCUT2D eigenvalue weighted by Crippen LogP contribution is 2.36. The Bertz CT molecular complexity index is 867. The first-order valence-corrected chi connectivity index (χ1v) is 11.1. The lowest BCUT2D eigenvalue weighted by Crippen LogP contribution is -2.02. The summed E-state index contributed by atoms with van der Waals surface area (Å²) in [5, 5.41) is 0.116. The van der Waals surface area contributed by atoms with E-state index in [-0.39, 0.29) is 10.8 Å². The zero-order valence-electron chi connectivity index (χ0n) is 17.4. The molecule has 1 unspecified atom stereocenters. The predicted octanol–water partition coefficient (Wildman–Crippen LogP) is 8.47. The van der Waals surface area contributed by atoms with Gasteiger partial charge in [-0.2, -0.15) is 0 Å². The summed E-state index contributed by atoms with van der Waals surface area (Å²) >= 11 is 6.30. The average molecular weight is 413 g/mol. The second kappa shape index (κ2) is 10.6. The van der Waals surface area contributed by atoms with Crippen LogP contribution in [0.25, 0.3) is 16.7 Å². The summed E-state index contributed by atoms with van der Waals surface area (Å²) in [4.78, 5) is 0. The Balaban J connectivity index is 1.72. The van der Waals surface area contributed by atoms with Gasteiger partial charge < -0.3 is 4.74 Å². The van der Waals surface area contributed by atoms with Gasteiger partial charge in [-0.25, -0.2) is 4.39 Å². The van der Waals surface area contributed by atoms with E-state index in [0.717, 1.165) is 24.8 Å². The van der Waals surface area contributed by atoms with Gasteiger partial charge >= 0.3 is 0 Å². The van der Waals surface area contributed by atoms with Crippen LogP contribution in [-0.4, -0.2) is 6.61 Å². The van der Waals surface area contributed by atoms with Crippen molar-refractivity contribution >= 4 is 17.2 Å². The largest absolute Gasteiger partial charge is 0.490 e. The highest BCUT2D eigenvalue weighted by molar-refractivity contribution is 6.33. The number of allylic oxidation sites excluding steroid dienone is 4. The molecule has 154 valence electrons. The summed E-state index contributed by atoms with van der Waals surface area (Å²) in [5.74, 6) is 0.394. The molecule has 0 saturated carbocycles. The standard InChI is InChI=1S/C26H30ClFO/c1-3-5-6-7-19-8-10-20(11-9-19)21-12-14-22(15-13-21)23-16-17-24(29-18-4-2)26(28)25(23)27/h6-7,10,12-17,19H,3-5,8-9,11,18H2,1-2H3/b7-6+. The molecule has 0 bridgehead atoms. The SMILES string of the molecule is CCC/C=C/C1CC=C(c2ccc(-c3ccc(OCCC)c(F)c3Cl)cc2)CC1. The fraction of sp³-hybridized carbons (Fsp3) is 0.385. The van der Waals surface area contributed by atoms with Crippen molar-refractivity contribution in [3.63, 3.8) is 0 Å². The number of unbranched alkanes of at least 4 members (excludes halogenated alkanes) is 1. The minimum absolute atomic E-state index is 0.116. The van der Waals surface area contributed by atoms with E-state index in [2.05, 4.69) is 37.3 Å². The molecule has 0 amide bonds. The van der Waals surface area contributed by atoms with Crippen molar-refractivity contribution < 1.29 is 9.13 Å². The first-order chi connectivity index (χ1) is 14.1. The van der Waals surface area contributed by atoms with Gasteiger partial charge in [0.25, 0.3) is 0 Å². The highest BCUT2D eigenvalue weighted by atomic mass is 35.5. The molecule has 1 atom stereocenters. The minimum Gasteiger partial charge on any atom is -0.490 e. The molecule has 3 rings (SSSR count). The third-order valence-electron chi connectivity index (χ3n) is 5.39. The molecule has 1 nitrogen and oxygen atoms in total. The predicted molar refractivity (Wildman–Crippen MR) is 122 cm³/mol. The first-order valence-electron chi connectivity index (χ1n) is 10.7. The van der Waals surface area contributed by atoms with Gasteiger partial charge in [0.1, 0.15) is 0 Å². The lowest BCUT2D eigenvalue weighted by atomic mass is 9.86.